The van der Waals surface area contributed by atoms with E-state index in [2.05, 4.69) is 33.5 Å². The summed E-state index contributed by atoms with van der Waals surface area (Å²) in [6.07, 6.45) is 4.87. The first-order chi connectivity index (χ1) is 14.7. The highest BCUT2D eigenvalue weighted by atomic mass is 16.5. The average Bonchev–Trinajstić information content (AvgIpc) is 3.50. The summed E-state index contributed by atoms with van der Waals surface area (Å²) in [6.45, 7) is 0.156. The number of aryl methyl sites for hydroxylation is 1. The highest BCUT2D eigenvalue weighted by molar-refractivity contribution is 5.90. The van der Waals surface area contributed by atoms with Gasteiger partial charge in [-0.25, -0.2) is 4.98 Å². The van der Waals surface area contributed by atoms with Crippen molar-refractivity contribution in [3.05, 3.63) is 59.5 Å². The first-order valence-electron chi connectivity index (χ1n) is 9.53. The molecule has 3 aromatic heterocycles. The van der Waals surface area contributed by atoms with E-state index in [1.54, 1.807) is 24.2 Å². The van der Waals surface area contributed by atoms with Gasteiger partial charge in [0.15, 0.2) is 0 Å². The van der Waals surface area contributed by atoms with E-state index < -0.39 is 5.41 Å². The third kappa shape index (κ3) is 2.48. The molecule has 0 spiro atoms. The lowest BCUT2D eigenvalue weighted by Gasteiger charge is -2.24. The zero-order valence-corrected chi connectivity index (χ0v) is 16.3. The van der Waals surface area contributed by atoms with E-state index in [1.165, 1.54) is 0 Å². The molecule has 1 aromatic carbocycles. The maximum absolute atomic E-state index is 10.3. The Bertz CT molecular complexity index is 1350. The topological polar surface area (TPSA) is 116 Å². The Hall–Kier alpha value is -4.17. The molecule has 0 aliphatic heterocycles. The molecule has 1 unspecified atom stereocenters. The molecule has 0 radical (unpaired) electrons. The molecular weight excluding hydrogens is 378 g/mol. The number of benzene rings is 1. The van der Waals surface area contributed by atoms with Gasteiger partial charge in [0.05, 0.1) is 31.0 Å². The summed E-state index contributed by atoms with van der Waals surface area (Å²) in [5, 5.41) is 30.8. The van der Waals surface area contributed by atoms with Gasteiger partial charge in [0, 0.05) is 17.8 Å². The van der Waals surface area contributed by atoms with Gasteiger partial charge in [-0.3, -0.25) is 9.78 Å². The molecule has 1 aliphatic rings. The zero-order valence-electron chi connectivity index (χ0n) is 16.3. The molecule has 3 heterocycles. The SMILES string of the molecule is COc1cc2[nH]nc(-c3cnn(CC#N)c3)c2nc1C1(C#N)CCc2ccccc21. The molecular formula is C22H17N7O. The van der Waals surface area contributed by atoms with Crippen LogP contribution in [0.3, 0.4) is 0 Å². The first kappa shape index (κ1) is 17.9. The van der Waals surface area contributed by atoms with E-state index in [-0.39, 0.29) is 6.54 Å². The largest absolute Gasteiger partial charge is 0.495 e. The van der Waals surface area contributed by atoms with Gasteiger partial charge in [-0.15, -0.1) is 0 Å². The number of aromatic amines is 1. The number of rotatable bonds is 4. The lowest BCUT2D eigenvalue weighted by molar-refractivity contribution is 0.399. The van der Waals surface area contributed by atoms with Crippen LogP contribution in [-0.2, 0) is 18.4 Å². The Balaban J connectivity index is 1.73. The van der Waals surface area contributed by atoms with Crippen molar-refractivity contribution in [3.63, 3.8) is 0 Å². The van der Waals surface area contributed by atoms with Crippen LogP contribution in [0.4, 0.5) is 0 Å². The predicted molar refractivity (Wildman–Crippen MR) is 108 cm³/mol. The van der Waals surface area contributed by atoms with E-state index in [0.717, 1.165) is 23.1 Å². The van der Waals surface area contributed by atoms with E-state index in [0.29, 0.717) is 34.6 Å². The number of hydrogen-bond donors (Lipinski definition) is 1. The summed E-state index contributed by atoms with van der Waals surface area (Å²) in [6, 6.07) is 14.5. The number of aromatic nitrogens is 5. The highest BCUT2D eigenvalue weighted by Gasteiger charge is 2.44. The van der Waals surface area contributed by atoms with Crippen LogP contribution in [0.5, 0.6) is 5.75 Å². The molecule has 1 atom stereocenters. The fraction of sp³-hybridized carbons (Fsp3) is 0.227. The van der Waals surface area contributed by atoms with Gasteiger partial charge in [0.1, 0.15) is 34.6 Å². The molecule has 8 nitrogen and oxygen atoms in total. The van der Waals surface area contributed by atoms with Gasteiger partial charge in [0.25, 0.3) is 0 Å². The summed E-state index contributed by atoms with van der Waals surface area (Å²) >= 11 is 0. The normalized spacial score (nSPS) is 17.4. The molecule has 1 aliphatic carbocycles. The number of pyridine rings is 1. The Morgan fingerprint density at radius 2 is 2.17 bits per heavy atom. The summed E-state index contributed by atoms with van der Waals surface area (Å²) in [7, 11) is 1.58. The molecule has 4 aromatic rings. The second-order valence-electron chi connectivity index (χ2n) is 7.27. The van der Waals surface area contributed by atoms with Crippen LogP contribution in [0.2, 0.25) is 0 Å². The number of ether oxygens (including phenoxy) is 1. The number of fused-ring (bicyclic) bond motifs is 2. The predicted octanol–water partition coefficient (Wildman–Crippen LogP) is 3.11. The van der Waals surface area contributed by atoms with Gasteiger partial charge >= 0.3 is 0 Å². The Kier molecular flexibility index (Phi) is 4.00. The molecule has 146 valence electrons. The molecule has 0 saturated heterocycles. The van der Waals surface area contributed by atoms with E-state index in [1.807, 2.05) is 24.3 Å². The third-order valence-electron chi connectivity index (χ3n) is 5.70. The minimum Gasteiger partial charge on any atom is -0.495 e. The van der Waals surface area contributed by atoms with Crippen molar-refractivity contribution in [1.29, 1.82) is 10.5 Å². The van der Waals surface area contributed by atoms with E-state index in [4.69, 9.17) is 15.0 Å². The molecule has 8 heteroatoms. The number of hydrogen-bond acceptors (Lipinski definition) is 6. The van der Waals surface area contributed by atoms with Crippen molar-refractivity contribution in [2.75, 3.05) is 7.11 Å². The smallest absolute Gasteiger partial charge is 0.144 e. The number of H-pyrrole nitrogens is 1. The van der Waals surface area contributed by atoms with Gasteiger partial charge in [-0.05, 0) is 24.0 Å². The summed E-state index contributed by atoms with van der Waals surface area (Å²) in [4.78, 5) is 4.92. The summed E-state index contributed by atoms with van der Waals surface area (Å²) < 4.78 is 7.19. The molecule has 5 rings (SSSR count). The Morgan fingerprint density at radius 1 is 1.30 bits per heavy atom. The van der Waals surface area contributed by atoms with Crippen molar-refractivity contribution in [2.45, 2.75) is 24.8 Å². The fourth-order valence-corrected chi connectivity index (χ4v) is 4.26. The maximum atomic E-state index is 10.3. The van der Waals surface area contributed by atoms with E-state index in [9.17, 15) is 5.26 Å². The minimum atomic E-state index is -0.879. The lowest BCUT2D eigenvalue weighted by Crippen LogP contribution is -2.25. The second-order valence-corrected chi connectivity index (χ2v) is 7.27. The van der Waals surface area contributed by atoms with E-state index >= 15 is 0 Å². The van der Waals surface area contributed by atoms with Gasteiger partial charge in [-0.1, -0.05) is 24.3 Å². The van der Waals surface area contributed by atoms with Crippen molar-refractivity contribution < 1.29 is 4.74 Å². The second kappa shape index (κ2) is 6.71. The quantitative estimate of drug-likeness (QED) is 0.567. The summed E-state index contributed by atoms with van der Waals surface area (Å²) in [5.41, 5.74) is 4.57. The zero-order chi connectivity index (χ0) is 20.7. The fourth-order valence-electron chi connectivity index (χ4n) is 4.26. The Labute approximate surface area is 172 Å². The van der Waals surface area contributed by atoms with Crippen molar-refractivity contribution >= 4 is 11.0 Å². The van der Waals surface area contributed by atoms with Crippen LogP contribution in [0.25, 0.3) is 22.3 Å². The van der Waals surface area contributed by atoms with Crippen molar-refractivity contribution in [2.24, 2.45) is 0 Å². The highest BCUT2D eigenvalue weighted by Crippen LogP contribution is 2.47. The van der Waals surface area contributed by atoms with Crippen LogP contribution in [-0.4, -0.2) is 32.1 Å². The molecule has 30 heavy (non-hydrogen) atoms. The molecule has 1 N–H and O–H groups in total. The van der Waals surface area contributed by atoms with Crippen LogP contribution in [0.1, 0.15) is 23.2 Å². The van der Waals surface area contributed by atoms with Crippen molar-refractivity contribution in [3.8, 4) is 29.1 Å². The van der Waals surface area contributed by atoms with Gasteiger partial charge in [0.2, 0.25) is 0 Å². The minimum absolute atomic E-state index is 0.156. The molecule has 0 amide bonds. The third-order valence-corrected chi connectivity index (χ3v) is 5.70. The Morgan fingerprint density at radius 3 is 2.97 bits per heavy atom. The lowest BCUT2D eigenvalue weighted by atomic mass is 9.79. The summed E-state index contributed by atoms with van der Waals surface area (Å²) in [5.74, 6) is 0.552. The molecule has 0 fully saturated rings. The van der Waals surface area contributed by atoms with Crippen LogP contribution in [0.15, 0.2) is 42.7 Å². The van der Waals surface area contributed by atoms with Crippen LogP contribution in [0, 0.1) is 22.7 Å². The standard InChI is InChI=1S/C22H17N7O/c1-30-18-10-17-20(19(28-27-17)15-11-25-29(12-15)9-8-23)26-21(18)22(13-24)7-6-14-4-2-3-5-16(14)22/h2-5,10-12H,6-7,9H2,1H3,(H,27,28). The van der Waals surface area contributed by atoms with Crippen LogP contribution >= 0.6 is 0 Å². The number of nitrogens with one attached hydrogen (secondary N) is 1. The number of nitriles is 2. The number of methoxy groups -OCH3 is 1. The number of nitrogens with zero attached hydrogens (tertiary/aromatic N) is 6. The maximum Gasteiger partial charge on any atom is 0.144 e. The van der Waals surface area contributed by atoms with Crippen molar-refractivity contribution in [1.82, 2.24) is 25.0 Å². The average molecular weight is 395 g/mol. The molecule has 0 saturated carbocycles. The monoisotopic (exact) mass is 395 g/mol. The van der Waals surface area contributed by atoms with Gasteiger partial charge in [-0.2, -0.15) is 20.7 Å². The van der Waals surface area contributed by atoms with Crippen LogP contribution < -0.4 is 4.74 Å². The van der Waals surface area contributed by atoms with Gasteiger partial charge < -0.3 is 4.74 Å². The first-order valence-corrected chi connectivity index (χ1v) is 9.53. The molecule has 0 bridgehead atoms.